The Kier molecular flexibility index (Phi) is 3.04. The summed E-state index contributed by atoms with van der Waals surface area (Å²) < 4.78 is 10.8. The Morgan fingerprint density at radius 2 is 2.44 bits per heavy atom. The summed E-state index contributed by atoms with van der Waals surface area (Å²) in [6.45, 7) is 1.88. The van der Waals surface area contributed by atoms with Gasteiger partial charge in [0.25, 0.3) is 0 Å². The fraction of sp³-hybridized carbons (Fsp3) is 0.222. The highest BCUT2D eigenvalue weighted by Crippen LogP contribution is 2.13. The van der Waals surface area contributed by atoms with Crippen molar-refractivity contribution in [1.82, 2.24) is 14.8 Å². The first-order valence-corrected chi connectivity index (χ1v) is 4.94. The van der Waals surface area contributed by atoms with Crippen LogP contribution in [-0.4, -0.2) is 32.3 Å². The topological polar surface area (TPSA) is 113 Å². The molecule has 9 nitrogen and oxygen atoms in total. The number of esters is 1. The first kappa shape index (κ1) is 11.8. The Morgan fingerprint density at radius 3 is 3.06 bits per heavy atom. The lowest BCUT2D eigenvalue weighted by Crippen LogP contribution is -2.05. The minimum Gasteiger partial charge on any atom is -0.461 e. The van der Waals surface area contributed by atoms with E-state index in [0.717, 1.165) is 23.3 Å². The van der Waals surface area contributed by atoms with Crippen molar-refractivity contribution < 1.29 is 18.9 Å². The summed E-state index contributed by atoms with van der Waals surface area (Å²) in [7, 11) is 0. The molecule has 0 fully saturated rings. The van der Waals surface area contributed by atoms with Crippen LogP contribution in [0.3, 0.4) is 0 Å². The number of carbonyl (C=O) groups excluding carboxylic acids is 1. The largest absolute Gasteiger partial charge is 0.461 e. The molecule has 0 saturated carbocycles. The van der Waals surface area contributed by atoms with Crippen LogP contribution in [0.15, 0.2) is 23.1 Å². The van der Waals surface area contributed by atoms with E-state index in [1.807, 2.05) is 0 Å². The molecule has 0 bridgehead atoms. The lowest BCUT2D eigenvalue weighted by atomic mass is 10.5. The monoisotopic (exact) mass is 252 g/mol. The van der Waals surface area contributed by atoms with Gasteiger partial charge in [0.15, 0.2) is 5.69 Å². The third-order valence-electron chi connectivity index (χ3n) is 1.95. The smallest absolute Gasteiger partial charge is 0.360 e. The van der Waals surface area contributed by atoms with Crippen molar-refractivity contribution in [3.8, 4) is 6.01 Å². The zero-order valence-electron chi connectivity index (χ0n) is 9.27. The molecule has 0 atom stereocenters. The minimum absolute atomic E-state index is 0.0231. The number of hydrogen-bond acceptors (Lipinski definition) is 7. The van der Waals surface area contributed by atoms with Gasteiger partial charge in [0, 0.05) is 0 Å². The van der Waals surface area contributed by atoms with E-state index in [-0.39, 0.29) is 24.0 Å². The maximum atomic E-state index is 11.3. The number of hydrogen-bond donors (Lipinski definition) is 0. The van der Waals surface area contributed by atoms with Crippen LogP contribution < -0.4 is 0 Å². The molecule has 0 unspecified atom stereocenters. The maximum absolute atomic E-state index is 11.3. The molecule has 2 aromatic heterocycles. The van der Waals surface area contributed by atoms with Gasteiger partial charge in [-0.2, -0.15) is 14.8 Å². The van der Waals surface area contributed by atoms with E-state index in [1.54, 1.807) is 6.92 Å². The van der Waals surface area contributed by atoms with Crippen molar-refractivity contribution in [2.24, 2.45) is 0 Å². The van der Waals surface area contributed by atoms with Gasteiger partial charge in [-0.1, -0.05) is 0 Å². The van der Waals surface area contributed by atoms with E-state index < -0.39 is 10.9 Å². The number of rotatable bonds is 4. The number of ether oxygens (including phenoxy) is 1. The summed E-state index contributed by atoms with van der Waals surface area (Å²) >= 11 is 0. The van der Waals surface area contributed by atoms with Gasteiger partial charge in [-0.05, 0) is 6.92 Å². The highest BCUT2D eigenvalue weighted by atomic mass is 16.6. The highest BCUT2D eigenvalue weighted by Gasteiger charge is 2.17. The molecule has 0 aliphatic carbocycles. The third kappa shape index (κ3) is 2.19. The zero-order valence-corrected chi connectivity index (χ0v) is 9.27. The molecule has 9 heteroatoms. The van der Waals surface area contributed by atoms with Gasteiger partial charge in [-0.25, -0.2) is 4.79 Å². The molecule has 0 amide bonds. The van der Waals surface area contributed by atoms with Crippen molar-refractivity contribution in [1.29, 1.82) is 0 Å². The molecule has 0 saturated heterocycles. The molecule has 0 N–H and O–H groups in total. The summed E-state index contributed by atoms with van der Waals surface area (Å²) in [6.07, 6.45) is 3.27. The molecule has 0 spiro atoms. The predicted octanol–water partition coefficient (Wildman–Crippen LogP) is 0.945. The van der Waals surface area contributed by atoms with Gasteiger partial charge in [-0.3, -0.25) is 10.1 Å². The van der Waals surface area contributed by atoms with Gasteiger partial charge in [0.1, 0.15) is 18.7 Å². The fourth-order valence-electron chi connectivity index (χ4n) is 1.18. The normalized spacial score (nSPS) is 10.3. The van der Waals surface area contributed by atoms with E-state index in [9.17, 15) is 14.9 Å². The van der Waals surface area contributed by atoms with Crippen molar-refractivity contribution >= 4 is 11.7 Å². The molecule has 94 valence electrons. The Hall–Kier alpha value is -2.71. The minimum atomic E-state index is -0.630. The van der Waals surface area contributed by atoms with Crippen LogP contribution in [0.1, 0.15) is 17.4 Å². The molecule has 0 radical (unpaired) electrons. The van der Waals surface area contributed by atoms with Gasteiger partial charge in [0.2, 0.25) is 0 Å². The maximum Gasteiger partial charge on any atom is 0.360 e. The molecular formula is C9H8N4O5. The molecule has 0 aliphatic rings. The van der Waals surface area contributed by atoms with Crippen LogP contribution in [0.5, 0.6) is 0 Å². The van der Waals surface area contributed by atoms with Gasteiger partial charge < -0.3 is 9.15 Å². The second kappa shape index (κ2) is 4.65. The molecule has 0 aliphatic heterocycles. The van der Waals surface area contributed by atoms with Crippen LogP contribution in [0.2, 0.25) is 0 Å². The van der Waals surface area contributed by atoms with E-state index in [2.05, 4.69) is 10.1 Å². The lowest BCUT2D eigenvalue weighted by Gasteiger charge is -1.94. The number of carbonyl (C=O) groups is 1. The van der Waals surface area contributed by atoms with Gasteiger partial charge in [0.05, 0.1) is 11.5 Å². The zero-order chi connectivity index (χ0) is 13.1. The number of oxazole rings is 1. The van der Waals surface area contributed by atoms with Crippen LogP contribution in [-0.2, 0) is 4.74 Å². The highest BCUT2D eigenvalue weighted by molar-refractivity contribution is 5.86. The van der Waals surface area contributed by atoms with Crippen molar-refractivity contribution in [2.75, 3.05) is 6.61 Å². The third-order valence-corrected chi connectivity index (χ3v) is 1.95. The average molecular weight is 252 g/mol. The summed E-state index contributed by atoms with van der Waals surface area (Å²) in [6, 6.07) is -0.0499. The number of nitrogens with zero attached hydrogens (tertiary/aromatic N) is 4. The summed E-state index contributed by atoms with van der Waals surface area (Å²) in [5.41, 5.74) is -0.226. The second-order valence-electron chi connectivity index (χ2n) is 3.14. The lowest BCUT2D eigenvalue weighted by molar-refractivity contribution is -0.384. The van der Waals surface area contributed by atoms with E-state index in [1.165, 1.54) is 0 Å². The Bertz CT molecular complexity index is 587. The fourth-order valence-corrected chi connectivity index (χ4v) is 1.18. The molecule has 2 aromatic rings. The van der Waals surface area contributed by atoms with E-state index in [0.29, 0.717) is 0 Å². The number of aromatic nitrogens is 3. The summed E-state index contributed by atoms with van der Waals surface area (Å²) in [4.78, 5) is 25.0. The Labute approximate surface area is 100 Å². The van der Waals surface area contributed by atoms with Crippen LogP contribution >= 0.6 is 0 Å². The van der Waals surface area contributed by atoms with Crippen LogP contribution in [0.4, 0.5) is 5.69 Å². The molecule has 18 heavy (non-hydrogen) atoms. The molecule has 2 heterocycles. The first-order chi connectivity index (χ1) is 8.61. The van der Waals surface area contributed by atoms with Crippen LogP contribution in [0.25, 0.3) is 6.01 Å². The predicted molar refractivity (Wildman–Crippen MR) is 56.2 cm³/mol. The molecule has 0 aromatic carbocycles. The summed E-state index contributed by atoms with van der Waals surface area (Å²) in [5, 5.41) is 14.2. The molecular weight excluding hydrogens is 244 g/mol. The Balaban J connectivity index is 2.23. The Morgan fingerprint density at radius 1 is 1.67 bits per heavy atom. The second-order valence-corrected chi connectivity index (χ2v) is 3.14. The van der Waals surface area contributed by atoms with Crippen molar-refractivity contribution in [2.45, 2.75) is 6.92 Å². The molecule has 2 rings (SSSR count). The standard InChI is InChI=1S/C9H8N4O5/c1-2-17-8(14)7-5-18-9(11-7)12-4-6(3-10-12)13(15)16/h3-5H,2H2,1H3. The summed E-state index contributed by atoms with van der Waals surface area (Å²) in [5.74, 6) is -0.630. The van der Waals surface area contributed by atoms with Crippen molar-refractivity contribution in [3.05, 3.63) is 34.5 Å². The number of nitro groups is 1. The van der Waals surface area contributed by atoms with Gasteiger partial charge >= 0.3 is 17.7 Å². The van der Waals surface area contributed by atoms with Crippen molar-refractivity contribution in [3.63, 3.8) is 0 Å². The first-order valence-electron chi connectivity index (χ1n) is 4.94. The average Bonchev–Trinajstić information content (AvgIpc) is 2.98. The van der Waals surface area contributed by atoms with Crippen LogP contribution in [0, 0.1) is 10.1 Å². The van der Waals surface area contributed by atoms with Gasteiger partial charge in [-0.15, -0.1) is 0 Å². The van der Waals surface area contributed by atoms with E-state index >= 15 is 0 Å². The SMILES string of the molecule is CCOC(=O)c1coc(-n2cc([N+](=O)[O-])cn2)n1. The van der Waals surface area contributed by atoms with E-state index in [4.69, 9.17) is 9.15 Å². The quantitative estimate of drug-likeness (QED) is 0.452.